The highest BCUT2D eigenvalue weighted by atomic mass is 16.2. The molecule has 0 aromatic carbocycles. The number of nitrogens with two attached hydrogens (primary N) is 4. The van der Waals surface area contributed by atoms with Crippen LogP contribution < -0.4 is 60.6 Å². The van der Waals surface area contributed by atoms with E-state index in [1.807, 2.05) is 0 Å². The molecule has 24 heteroatoms. The van der Waals surface area contributed by atoms with Crippen molar-refractivity contribution in [1.82, 2.24) is 37.7 Å². The van der Waals surface area contributed by atoms with Gasteiger partial charge in [-0.3, -0.25) is 38.6 Å². The largest absolute Gasteiger partial charge is 0.370 e. The highest BCUT2D eigenvalue weighted by molar-refractivity contribution is 5.95. The first-order valence-corrected chi connectivity index (χ1v) is 44.1. The summed E-state index contributed by atoms with van der Waals surface area (Å²) >= 11 is 0. The molecule has 0 rings (SSSR count). The zero-order chi connectivity index (χ0) is 81.2. The van der Waals surface area contributed by atoms with Gasteiger partial charge in [0.2, 0.25) is 29.5 Å². The number of nitrogens with zero attached hydrogens (tertiary/aromatic N) is 6. The lowest BCUT2D eigenvalue weighted by molar-refractivity contribution is -0.133. The average Bonchev–Trinajstić information content (AvgIpc) is 0.868. The van der Waals surface area contributed by atoms with Gasteiger partial charge in [-0.15, -0.1) is 0 Å². The fraction of sp³-hybridized carbons (Fsp3) is 0.759. The number of unbranched alkanes of at least 4 members (excludes halogenated alkanes) is 41. The monoisotopic (exact) mass is 1550 g/mol. The number of rotatable bonds is 78. The van der Waals surface area contributed by atoms with E-state index in [4.69, 9.17) is 22.9 Å². The maximum absolute atomic E-state index is 14.7. The minimum atomic E-state index is -1.51. The number of nitrogens with one attached hydrogen (secondary N) is 7. The number of hydrogen-bond donors (Lipinski definition) is 11. The van der Waals surface area contributed by atoms with Gasteiger partial charge in [-0.1, -0.05) is 256 Å². The predicted molar refractivity (Wildman–Crippen MR) is 465 cm³/mol. The molecule has 7 amide bonds. The molecule has 4 atom stereocenters. The molecule has 0 aromatic heterocycles. The molecular weight excluding hydrogens is 1400 g/mol. The van der Waals surface area contributed by atoms with Gasteiger partial charge in [-0.2, -0.15) is 20.4 Å². The Labute approximate surface area is 672 Å². The van der Waals surface area contributed by atoms with Crippen LogP contribution in [0.4, 0.5) is 0 Å². The lowest BCUT2D eigenvalue weighted by Gasteiger charge is -2.24. The van der Waals surface area contributed by atoms with Crippen molar-refractivity contribution >= 4 is 78.1 Å². The van der Waals surface area contributed by atoms with Crippen molar-refractivity contribution in [2.24, 2.45) is 53.3 Å². The van der Waals surface area contributed by atoms with E-state index in [9.17, 15) is 33.6 Å². The van der Waals surface area contributed by atoms with Crippen molar-refractivity contribution < 1.29 is 33.6 Å². The lowest BCUT2D eigenvalue weighted by Crippen LogP contribution is -2.55. The Morgan fingerprint density at radius 3 is 0.856 bits per heavy atom. The summed E-state index contributed by atoms with van der Waals surface area (Å²) in [6, 6.07) is -5.32. The molecule has 0 radical (unpaired) electrons. The summed E-state index contributed by atoms with van der Waals surface area (Å²) in [5, 5.41) is 24.9. The Bertz CT molecular complexity index is 2630. The van der Waals surface area contributed by atoms with Gasteiger partial charge >= 0.3 is 0 Å². The normalized spacial score (nSPS) is 12.9. The molecule has 0 aliphatic rings. The summed E-state index contributed by atoms with van der Waals surface area (Å²) in [6.07, 6.45) is 77.4. The zero-order valence-corrected chi connectivity index (χ0v) is 70.1. The highest BCUT2D eigenvalue weighted by Gasteiger charge is 2.31. The third-order valence-electron chi connectivity index (χ3n) is 19.2. The van der Waals surface area contributed by atoms with Crippen molar-refractivity contribution in [3.05, 3.63) is 48.6 Å². The maximum Gasteiger partial charge on any atom is 0.262 e. The summed E-state index contributed by atoms with van der Waals surface area (Å²) in [4.78, 5) is 106. The Morgan fingerprint density at radius 1 is 0.270 bits per heavy atom. The van der Waals surface area contributed by atoms with Crippen LogP contribution >= 0.6 is 0 Å². The molecule has 0 spiro atoms. The van der Waals surface area contributed by atoms with E-state index in [1.54, 1.807) is 24.9 Å². The lowest BCUT2D eigenvalue weighted by atomic mass is 10.0. The van der Waals surface area contributed by atoms with E-state index in [2.05, 4.69) is 144 Å². The molecule has 0 aliphatic carbocycles. The van der Waals surface area contributed by atoms with Crippen LogP contribution in [0.25, 0.3) is 0 Å². The van der Waals surface area contributed by atoms with Crippen LogP contribution in [0.3, 0.4) is 0 Å². The summed E-state index contributed by atoms with van der Waals surface area (Å²) in [5.74, 6) is -5.16. The van der Waals surface area contributed by atoms with Gasteiger partial charge in [0.1, 0.15) is 24.2 Å². The van der Waals surface area contributed by atoms with E-state index in [-0.39, 0.29) is 57.0 Å². The number of allylic oxidation sites excluding steroid dienone is 8. The zero-order valence-electron chi connectivity index (χ0n) is 70.1. The van der Waals surface area contributed by atoms with E-state index >= 15 is 0 Å². The number of hydrogen-bond acceptors (Lipinski definition) is 13. The number of amides is 7. The summed E-state index contributed by atoms with van der Waals surface area (Å²) in [7, 11) is 0. The second kappa shape index (κ2) is 80.5. The van der Waals surface area contributed by atoms with Crippen LogP contribution in [-0.2, 0) is 33.6 Å². The molecule has 0 aliphatic heterocycles. The fourth-order valence-electron chi connectivity index (χ4n) is 12.3. The van der Waals surface area contributed by atoms with Crippen molar-refractivity contribution in [2.75, 3.05) is 6.54 Å². The molecule has 15 N–H and O–H groups in total. The standard InChI is InChI=1S/C87H159N17O7/c1-5-9-13-17-21-25-29-33-37-41-45-49-53-58-71-93-101-80(106)68-65-77(84(110)103-95-73-60-55-51-47-43-39-35-31-27-23-19-15-11-7-3)97-79(105)67-64-76(98-82(108)75(100-87(90)91)63-57-62-70-92-86(88)89)83(109)99-78(85(111)104-96-74-61-56-52-48-44-40-36-32-28-24-20-16-12-8-4)66-69-81(107)102-94-72-59-54-50-46-42-38-34-30-26-22-18-14-10-6-2/h17-24,71-78H,5-16,25-70H2,1-4H3,(H,97,105)(H,98,108)(H,99,109)(H,101,106)(H,102,107)(H,103,110)(H,104,111)(H4,88,89,92)(H4,90,91,100)/b21-17-,22-18-,23-19-,24-20-,93-71+,94-72+,95-73+,96-74+/t75-,76-,77-,78-/m0/s1. The van der Waals surface area contributed by atoms with Crippen LogP contribution in [0.15, 0.2) is 79.0 Å². The van der Waals surface area contributed by atoms with E-state index < -0.39 is 71.9 Å². The third-order valence-corrected chi connectivity index (χ3v) is 19.2. The van der Waals surface area contributed by atoms with Crippen LogP contribution in [0.1, 0.15) is 394 Å². The minimum absolute atomic E-state index is 0.0911. The Hall–Kier alpha value is -7.53. The van der Waals surface area contributed by atoms with E-state index in [1.165, 1.54) is 148 Å². The number of aliphatic imine (C=N–C) groups is 2. The maximum atomic E-state index is 14.7. The molecule has 0 heterocycles. The van der Waals surface area contributed by atoms with Crippen molar-refractivity contribution in [2.45, 2.75) is 418 Å². The summed E-state index contributed by atoms with van der Waals surface area (Å²) in [6.45, 7) is 9.11. The van der Waals surface area contributed by atoms with Gasteiger partial charge in [0, 0.05) is 50.7 Å². The van der Waals surface area contributed by atoms with Gasteiger partial charge in [-0.25, -0.2) is 26.7 Å². The number of carbonyl (C=O) groups excluding carboxylic acids is 7. The highest BCUT2D eigenvalue weighted by Crippen LogP contribution is 2.16. The van der Waals surface area contributed by atoms with Crippen LogP contribution in [0.2, 0.25) is 0 Å². The molecule has 111 heavy (non-hydrogen) atoms. The van der Waals surface area contributed by atoms with E-state index in [0.29, 0.717) is 38.5 Å². The number of carbonyl (C=O) groups is 7. The first-order valence-electron chi connectivity index (χ1n) is 44.1. The second-order valence-electron chi connectivity index (χ2n) is 29.7. The molecule has 24 nitrogen and oxygen atoms in total. The van der Waals surface area contributed by atoms with Crippen molar-refractivity contribution in [3.8, 4) is 0 Å². The predicted octanol–water partition coefficient (Wildman–Crippen LogP) is 17.3. The fourth-order valence-corrected chi connectivity index (χ4v) is 12.3. The van der Waals surface area contributed by atoms with Crippen LogP contribution in [0, 0.1) is 0 Å². The molecular formula is C87H159N17O7. The summed E-state index contributed by atoms with van der Waals surface area (Å²) in [5.41, 5.74) is 32.9. The number of guanidine groups is 2. The minimum Gasteiger partial charge on any atom is -0.370 e. The van der Waals surface area contributed by atoms with Crippen molar-refractivity contribution in [1.29, 1.82) is 0 Å². The molecule has 634 valence electrons. The van der Waals surface area contributed by atoms with Gasteiger partial charge < -0.3 is 38.9 Å². The topological polar surface area (TPSA) is 382 Å². The van der Waals surface area contributed by atoms with Gasteiger partial charge in [0.15, 0.2) is 11.9 Å². The molecule has 0 bridgehead atoms. The quantitative estimate of drug-likeness (QED) is 0.00893. The molecule has 0 saturated heterocycles. The first-order chi connectivity index (χ1) is 54.2. The van der Waals surface area contributed by atoms with Gasteiger partial charge in [0.05, 0.1) is 0 Å². The molecule has 0 unspecified atom stereocenters. The van der Waals surface area contributed by atoms with Crippen LogP contribution in [0.5, 0.6) is 0 Å². The molecule has 0 aromatic rings. The third kappa shape index (κ3) is 72.5. The van der Waals surface area contributed by atoms with E-state index in [0.717, 1.165) is 135 Å². The Kier molecular flexibility index (Phi) is 75.1. The number of hydrazone groups is 4. The van der Waals surface area contributed by atoms with Crippen molar-refractivity contribution in [3.63, 3.8) is 0 Å². The second-order valence-corrected chi connectivity index (χ2v) is 29.7. The average molecular weight is 1560 g/mol. The van der Waals surface area contributed by atoms with Gasteiger partial charge in [-0.05, 0) is 167 Å². The van der Waals surface area contributed by atoms with Gasteiger partial charge in [0.25, 0.3) is 11.8 Å². The molecule has 0 fully saturated rings. The SMILES string of the molecule is CCCC/C=C\CCCCCCCCC/C=N/NC(=O)CC[C@H](NC(=O)CC[C@H](NC(=O)[C@H](CCCCN=C(N)N)N=C(N)N)C(=O)N[C@@H](CCC(=O)N/N=C/CCCCCCCCC/C=C\CCCC)C(=O)N/N=C/CCCCCCCCC/C=C\CCCC)C(=O)N/N=C/CCCCCCCCC/C=C\CCCC. The molecule has 0 saturated carbocycles. The Morgan fingerprint density at radius 2 is 0.541 bits per heavy atom. The first kappa shape index (κ1) is 103. The van der Waals surface area contributed by atoms with Crippen LogP contribution in [-0.4, -0.2) is 109 Å². The smallest absolute Gasteiger partial charge is 0.262 e. The Balaban J connectivity index is 6.57. The summed E-state index contributed by atoms with van der Waals surface area (Å²) < 4.78 is 0.